The summed E-state index contributed by atoms with van der Waals surface area (Å²) >= 11 is 0. The summed E-state index contributed by atoms with van der Waals surface area (Å²) in [5.74, 6) is 1.09. The highest BCUT2D eigenvalue weighted by atomic mass is 16.5. The van der Waals surface area contributed by atoms with Crippen LogP contribution >= 0.6 is 0 Å². The average molecular weight is 280 g/mol. The van der Waals surface area contributed by atoms with Gasteiger partial charge in [-0.2, -0.15) is 5.10 Å². The summed E-state index contributed by atoms with van der Waals surface area (Å²) in [7, 11) is 1.38. The van der Waals surface area contributed by atoms with Crippen LogP contribution in [-0.4, -0.2) is 35.9 Å². The summed E-state index contributed by atoms with van der Waals surface area (Å²) in [6, 6.07) is 0. The van der Waals surface area contributed by atoms with Gasteiger partial charge in [0.15, 0.2) is 5.82 Å². The molecule has 0 saturated carbocycles. The lowest BCUT2D eigenvalue weighted by Crippen LogP contribution is -2.31. The van der Waals surface area contributed by atoms with Gasteiger partial charge in [0, 0.05) is 19.6 Å². The van der Waals surface area contributed by atoms with E-state index < -0.39 is 5.97 Å². The minimum Gasteiger partial charge on any atom is -0.465 e. The Morgan fingerprint density at radius 3 is 2.55 bits per heavy atom. The van der Waals surface area contributed by atoms with Crippen LogP contribution in [0.5, 0.6) is 0 Å². The number of aromatic nitrogens is 2. The molecule has 0 atom stereocenters. The molecule has 0 amide bonds. The fourth-order valence-corrected chi connectivity index (χ4v) is 2.57. The molecule has 1 aliphatic heterocycles. The van der Waals surface area contributed by atoms with E-state index >= 15 is 0 Å². The zero-order valence-electron chi connectivity index (χ0n) is 12.6. The molecule has 6 heteroatoms. The second-order valence-corrected chi connectivity index (χ2v) is 5.70. The maximum absolute atomic E-state index is 12.0. The second kappa shape index (κ2) is 6.15. The van der Waals surface area contributed by atoms with Gasteiger partial charge in [-0.15, -0.1) is 0 Å². The Morgan fingerprint density at radius 1 is 1.35 bits per heavy atom. The lowest BCUT2D eigenvalue weighted by molar-refractivity contribution is 0.0602. The van der Waals surface area contributed by atoms with Crippen LogP contribution < -0.4 is 10.6 Å². The summed E-state index contributed by atoms with van der Waals surface area (Å²) in [5.41, 5.74) is 6.52. The highest BCUT2D eigenvalue weighted by Crippen LogP contribution is 2.28. The molecule has 0 spiro atoms. The molecule has 0 bridgehead atoms. The minimum atomic E-state index is -0.405. The van der Waals surface area contributed by atoms with Crippen molar-refractivity contribution in [1.82, 2.24) is 9.78 Å². The van der Waals surface area contributed by atoms with Gasteiger partial charge in [-0.05, 0) is 25.2 Å². The van der Waals surface area contributed by atoms with Crippen molar-refractivity contribution >= 4 is 17.6 Å². The molecule has 2 heterocycles. The number of piperidine rings is 1. The standard InChI is InChI=1S/C14H24N4O2/c1-10(2)9-18-12(15)11(14(19)20-3)13(16-18)17-7-5-4-6-8-17/h10H,4-9,15H2,1-3H3. The van der Waals surface area contributed by atoms with Crippen LogP contribution in [-0.2, 0) is 11.3 Å². The molecule has 1 fully saturated rings. The van der Waals surface area contributed by atoms with Crippen LogP contribution in [0.4, 0.5) is 11.6 Å². The largest absolute Gasteiger partial charge is 0.465 e. The van der Waals surface area contributed by atoms with Crippen molar-refractivity contribution in [3.63, 3.8) is 0 Å². The summed E-state index contributed by atoms with van der Waals surface area (Å²) in [5, 5.41) is 4.56. The maximum Gasteiger partial charge on any atom is 0.345 e. The van der Waals surface area contributed by atoms with Crippen LogP contribution in [0.15, 0.2) is 0 Å². The quantitative estimate of drug-likeness (QED) is 0.853. The molecule has 2 N–H and O–H groups in total. The van der Waals surface area contributed by atoms with Gasteiger partial charge in [-0.1, -0.05) is 13.8 Å². The zero-order chi connectivity index (χ0) is 14.7. The van der Waals surface area contributed by atoms with E-state index in [1.807, 2.05) is 0 Å². The normalized spacial score (nSPS) is 15.7. The van der Waals surface area contributed by atoms with E-state index in [1.54, 1.807) is 4.68 Å². The van der Waals surface area contributed by atoms with Gasteiger partial charge >= 0.3 is 5.97 Å². The van der Waals surface area contributed by atoms with E-state index in [9.17, 15) is 4.79 Å². The molecule has 1 aliphatic rings. The lowest BCUT2D eigenvalue weighted by Gasteiger charge is -2.27. The number of hydrogen-bond acceptors (Lipinski definition) is 5. The minimum absolute atomic E-state index is 0.405. The van der Waals surface area contributed by atoms with Crippen LogP contribution in [0, 0.1) is 5.92 Å². The summed E-state index contributed by atoms with van der Waals surface area (Å²) in [6.07, 6.45) is 3.47. The van der Waals surface area contributed by atoms with E-state index in [-0.39, 0.29) is 0 Å². The number of nitrogens with two attached hydrogens (primary N) is 1. The first-order valence-corrected chi connectivity index (χ1v) is 7.24. The van der Waals surface area contributed by atoms with Crippen molar-refractivity contribution in [2.45, 2.75) is 39.7 Å². The number of nitrogens with zero attached hydrogens (tertiary/aromatic N) is 3. The first-order valence-electron chi connectivity index (χ1n) is 7.24. The highest BCUT2D eigenvalue weighted by molar-refractivity contribution is 5.99. The van der Waals surface area contributed by atoms with Gasteiger partial charge in [-0.3, -0.25) is 0 Å². The number of esters is 1. The topological polar surface area (TPSA) is 73.4 Å². The molecule has 0 radical (unpaired) electrons. The van der Waals surface area contributed by atoms with Crippen LogP contribution in [0.1, 0.15) is 43.5 Å². The van der Waals surface area contributed by atoms with Crippen LogP contribution in [0.3, 0.4) is 0 Å². The highest BCUT2D eigenvalue weighted by Gasteiger charge is 2.27. The maximum atomic E-state index is 12.0. The average Bonchev–Trinajstić information content (AvgIpc) is 2.76. The Labute approximate surface area is 119 Å². The van der Waals surface area contributed by atoms with Crippen molar-refractivity contribution in [3.8, 4) is 0 Å². The van der Waals surface area contributed by atoms with Crippen LogP contribution in [0.2, 0.25) is 0 Å². The molecule has 0 aliphatic carbocycles. The number of hydrogen-bond donors (Lipinski definition) is 1. The number of carbonyl (C=O) groups is 1. The van der Waals surface area contributed by atoms with Crippen molar-refractivity contribution in [2.24, 2.45) is 5.92 Å². The number of carbonyl (C=O) groups excluding carboxylic acids is 1. The Bertz CT molecular complexity index is 476. The third kappa shape index (κ3) is 2.89. The third-order valence-corrected chi connectivity index (χ3v) is 3.56. The molecule has 20 heavy (non-hydrogen) atoms. The summed E-state index contributed by atoms with van der Waals surface area (Å²) in [4.78, 5) is 14.2. The van der Waals surface area contributed by atoms with Crippen molar-refractivity contribution in [1.29, 1.82) is 0 Å². The fraction of sp³-hybridized carbons (Fsp3) is 0.714. The Hall–Kier alpha value is -1.72. The zero-order valence-corrected chi connectivity index (χ0v) is 12.6. The van der Waals surface area contributed by atoms with E-state index in [1.165, 1.54) is 13.5 Å². The molecule has 112 valence electrons. The molecule has 1 aromatic rings. The molecule has 2 rings (SSSR count). The molecule has 6 nitrogen and oxygen atoms in total. The Kier molecular flexibility index (Phi) is 4.52. The number of methoxy groups -OCH3 is 1. The summed E-state index contributed by atoms with van der Waals surface area (Å²) < 4.78 is 6.59. The fourth-order valence-electron chi connectivity index (χ4n) is 2.57. The van der Waals surface area contributed by atoms with Gasteiger partial charge in [0.05, 0.1) is 7.11 Å². The van der Waals surface area contributed by atoms with Gasteiger partial charge in [0.1, 0.15) is 11.4 Å². The lowest BCUT2D eigenvalue weighted by atomic mass is 10.1. The van der Waals surface area contributed by atoms with Crippen molar-refractivity contribution < 1.29 is 9.53 Å². The summed E-state index contributed by atoms with van der Waals surface area (Å²) in [6.45, 7) is 6.73. The predicted molar refractivity (Wildman–Crippen MR) is 78.9 cm³/mol. The SMILES string of the molecule is COC(=O)c1c(N2CCCCC2)nn(CC(C)C)c1N. The van der Waals surface area contributed by atoms with E-state index in [0.717, 1.165) is 25.9 Å². The molecule has 1 saturated heterocycles. The van der Waals surface area contributed by atoms with E-state index in [0.29, 0.717) is 29.7 Å². The first kappa shape index (κ1) is 14.7. The number of rotatable bonds is 4. The molecule has 0 unspecified atom stereocenters. The molecule has 1 aromatic heterocycles. The number of anilines is 2. The van der Waals surface area contributed by atoms with Crippen molar-refractivity contribution in [3.05, 3.63) is 5.56 Å². The number of ether oxygens (including phenoxy) is 1. The smallest absolute Gasteiger partial charge is 0.345 e. The predicted octanol–water partition coefficient (Wildman–Crippen LogP) is 1.90. The van der Waals surface area contributed by atoms with E-state index in [2.05, 4.69) is 23.8 Å². The van der Waals surface area contributed by atoms with Crippen LogP contribution in [0.25, 0.3) is 0 Å². The van der Waals surface area contributed by atoms with Gasteiger partial charge < -0.3 is 15.4 Å². The van der Waals surface area contributed by atoms with Gasteiger partial charge in [0.2, 0.25) is 0 Å². The second-order valence-electron chi connectivity index (χ2n) is 5.70. The monoisotopic (exact) mass is 280 g/mol. The van der Waals surface area contributed by atoms with Gasteiger partial charge in [0.25, 0.3) is 0 Å². The number of nitrogen functional groups attached to an aromatic ring is 1. The van der Waals surface area contributed by atoms with E-state index in [4.69, 9.17) is 10.5 Å². The van der Waals surface area contributed by atoms with Crippen molar-refractivity contribution in [2.75, 3.05) is 30.8 Å². The molecular formula is C14H24N4O2. The third-order valence-electron chi connectivity index (χ3n) is 3.56. The Morgan fingerprint density at radius 2 is 2.00 bits per heavy atom. The molecule has 0 aromatic carbocycles. The molecular weight excluding hydrogens is 256 g/mol. The first-order chi connectivity index (χ1) is 9.54. The Balaban J connectivity index is 2.39. The van der Waals surface area contributed by atoms with Gasteiger partial charge in [-0.25, -0.2) is 9.48 Å².